The number of aryl methyl sites for hydroxylation is 1. The molecule has 1 aliphatic heterocycles. The van der Waals surface area contributed by atoms with Gasteiger partial charge in [0.1, 0.15) is 6.04 Å². The molecule has 1 atom stereocenters. The molecule has 0 aromatic heterocycles. The van der Waals surface area contributed by atoms with Crippen LogP contribution in [-0.2, 0) is 9.59 Å². The second-order valence-corrected chi connectivity index (χ2v) is 6.34. The van der Waals surface area contributed by atoms with Crippen LogP contribution in [0.25, 0.3) is 0 Å². The van der Waals surface area contributed by atoms with Crippen LogP contribution in [0.5, 0.6) is 0 Å². The monoisotopic (exact) mass is 306 g/mol. The zero-order valence-corrected chi connectivity index (χ0v) is 13.1. The molecule has 0 unspecified atom stereocenters. The maximum atomic E-state index is 12.6. The van der Waals surface area contributed by atoms with Crippen molar-refractivity contribution < 1.29 is 9.59 Å². The molecule has 1 saturated carbocycles. The summed E-state index contributed by atoms with van der Waals surface area (Å²) in [7, 11) is 0. The quantitative estimate of drug-likeness (QED) is 0.843. The lowest BCUT2D eigenvalue weighted by Crippen LogP contribution is -2.58. The van der Waals surface area contributed by atoms with E-state index >= 15 is 0 Å². The third-order valence-corrected chi connectivity index (χ3v) is 4.56. The number of piperazine rings is 1. The zero-order valence-electron chi connectivity index (χ0n) is 12.3. The summed E-state index contributed by atoms with van der Waals surface area (Å²) in [5, 5.41) is 0.618. The molecule has 0 radical (unpaired) electrons. The minimum absolute atomic E-state index is 0.0272. The summed E-state index contributed by atoms with van der Waals surface area (Å²) in [5.74, 6) is 0.263. The van der Waals surface area contributed by atoms with Crippen LogP contribution >= 0.6 is 11.6 Å². The van der Waals surface area contributed by atoms with E-state index in [-0.39, 0.29) is 17.7 Å². The normalized spacial score (nSPS) is 22.6. The molecule has 0 N–H and O–H groups in total. The predicted octanol–water partition coefficient (Wildman–Crippen LogP) is 2.62. The number of nitrogens with zero attached hydrogens (tertiary/aromatic N) is 2. The largest absolute Gasteiger partial charge is 0.329 e. The van der Waals surface area contributed by atoms with Gasteiger partial charge in [0, 0.05) is 29.7 Å². The molecule has 0 spiro atoms. The molecular weight excluding hydrogens is 288 g/mol. The molecule has 4 nitrogen and oxygen atoms in total. The minimum Gasteiger partial charge on any atom is -0.329 e. The molecule has 5 heteroatoms. The molecule has 1 aliphatic carbocycles. The molecule has 0 bridgehead atoms. The van der Waals surface area contributed by atoms with Crippen LogP contribution in [0.4, 0.5) is 5.69 Å². The number of benzene rings is 1. The van der Waals surface area contributed by atoms with Crippen molar-refractivity contribution in [3.63, 3.8) is 0 Å². The maximum Gasteiger partial charge on any atom is 0.249 e. The van der Waals surface area contributed by atoms with Gasteiger partial charge in [-0.2, -0.15) is 0 Å². The average Bonchev–Trinajstić information content (AvgIpc) is 3.29. The lowest BCUT2D eigenvalue weighted by atomic mass is 10.1. The second kappa shape index (κ2) is 5.34. The number of anilines is 1. The van der Waals surface area contributed by atoms with Crippen LogP contribution < -0.4 is 4.90 Å². The molecule has 21 heavy (non-hydrogen) atoms. The third-order valence-electron chi connectivity index (χ3n) is 4.33. The summed E-state index contributed by atoms with van der Waals surface area (Å²) >= 11 is 6.05. The number of rotatable bonds is 2. The second-order valence-electron chi connectivity index (χ2n) is 5.90. The number of carbonyl (C=O) groups excluding carboxylic acids is 2. The van der Waals surface area contributed by atoms with Gasteiger partial charge in [0.15, 0.2) is 0 Å². The van der Waals surface area contributed by atoms with E-state index in [0.29, 0.717) is 18.1 Å². The highest BCUT2D eigenvalue weighted by Crippen LogP contribution is 2.33. The number of carbonyl (C=O) groups is 2. The Hall–Kier alpha value is -1.55. The van der Waals surface area contributed by atoms with Gasteiger partial charge < -0.3 is 9.80 Å². The van der Waals surface area contributed by atoms with Crippen molar-refractivity contribution in [2.45, 2.75) is 32.7 Å². The van der Waals surface area contributed by atoms with Crippen molar-refractivity contribution in [3.8, 4) is 0 Å². The first-order chi connectivity index (χ1) is 9.99. The van der Waals surface area contributed by atoms with Gasteiger partial charge in [-0.15, -0.1) is 0 Å². The average molecular weight is 307 g/mol. The van der Waals surface area contributed by atoms with E-state index in [1.807, 2.05) is 32.0 Å². The highest BCUT2D eigenvalue weighted by Gasteiger charge is 2.41. The fraction of sp³-hybridized carbons (Fsp3) is 0.500. The number of hydrogen-bond acceptors (Lipinski definition) is 2. The summed E-state index contributed by atoms with van der Waals surface area (Å²) in [5.41, 5.74) is 1.86. The van der Waals surface area contributed by atoms with Gasteiger partial charge in [0.2, 0.25) is 11.8 Å². The van der Waals surface area contributed by atoms with Gasteiger partial charge in [-0.05, 0) is 44.4 Å². The standard InChI is InChI=1S/C16H19ClN2O2/c1-10-3-6-13(17)9-14(10)19-8-7-18(11(2)15(19)20)16(21)12-4-5-12/h3,6,9,11-12H,4-5,7-8H2,1-2H3/t11-/m1/s1. The van der Waals surface area contributed by atoms with E-state index < -0.39 is 6.04 Å². The third kappa shape index (κ3) is 2.64. The first-order valence-electron chi connectivity index (χ1n) is 7.37. The lowest BCUT2D eigenvalue weighted by Gasteiger charge is -2.39. The van der Waals surface area contributed by atoms with Crippen molar-refractivity contribution >= 4 is 29.1 Å². The van der Waals surface area contributed by atoms with Crippen molar-refractivity contribution in [2.75, 3.05) is 18.0 Å². The number of halogens is 1. The Morgan fingerprint density at radius 1 is 1.29 bits per heavy atom. The van der Waals surface area contributed by atoms with Crippen molar-refractivity contribution in [1.82, 2.24) is 4.90 Å². The van der Waals surface area contributed by atoms with E-state index in [2.05, 4.69) is 0 Å². The topological polar surface area (TPSA) is 40.6 Å². The molecular formula is C16H19ClN2O2. The lowest BCUT2D eigenvalue weighted by molar-refractivity contribution is -0.141. The summed E-state index contributed by atoms with van der Waals surface area (Å²) < 4.78 is 0. The predicted molar refractivity (Wildman–Crippen MR) is 82.4 cm³/mol. The van der Waals surface area contributed by atoms with Crippen LogP contribution in [0.2, 0.25) is 5.02 Å². The van der Waals surface area contributed by atoms with Gasteiger partial charge in [-0.25, -0.2) is 0 Å². The number of amides is 2. The Morgan fingerprint density at radius 3 is 2.67 bits per heavy atom. The van der Waals surface area contributed by atoms with Gasteiger partial charge >= 0.3 is 0 Å². The fourth-order valence-corrected chi connectivity index (χ4v) is 3.02. The Balaban J connectivity index is 1.82. The molecule has 1 aromatic rings. The van der Waals surface area contributed by atoms with Gasteiger partial charge in [0.25, 0.3) is 0 Å². The van der Waals surface area contributed by atoms with Crippen molar-refractivity contribution in [1.29, 1.82) is 0 Å². The van der Waals surface area contributed by atoms with E-state index in [1.165, 1.54) is 0 Å². The Morgan fingerprint density at radius 2 is 2.00 bits per heavy atom. The summed E-state index contributed by atoms with van der Waals surface area (Å²) in [4.78, 5) is 28.3. The fourth-order valence-electron chi connectivity index (χ4n) is 2.85. The van der Waals surface area contributed by atoms with Crippen LogP contribution in [-0.4, -0.2) is 35.8 Å². The highest BCUT2D eigenvalue weighted by molar-refractivity contribution is 6.31. The Bertz CT molecular complexity index is 598. The first-order valence-corrected chi connectivity index (χ1v) is 7.75. The van der Waals surface area contributed by atoms with E-state index in [4.69, 9.17) is 11.6 Å². The molecule has 1 saturated heterocycles. The van der Waals surface area contributed by atoms with Crippen LogP contribution in [0.15, 0.2) is 18.2 Å². The van der Waals surface area contributed by atoms with Crippen molar-refractivity contribution in [2.24, 2.45) is 5.92 Å². The van der Waals surface area contributed by atoms with E-state index in [9.17, 15) is 9.59 Å². The maximum absolute atomic E-state index is 12.6. The zero-order chi connectivity index (χ0) is 15.1. The van der Waals surface area contributed by atoms with E-state index in [0.717, 1.165) is 24.1 Å². The molecule has 3 rings (SSSR count). The van der Waals surface area contributed by atoms with Gasteiger partial charge in [0.05, 0.1) is 0 Å². The van der Waals surface area contributed by atoms with Crippen molar-refractivity contribution in [3.05, 3.63) is 28.8 Å². The molecule has 112 valence electrons. The molecule has 1 heterocycles. The summed E-state index contributed by atoms with van der Waals surface area (Å²) in [6.07, 6.45) is 1.93. The van der Waals surface area contributed by atoms with Crippen LogP contribution in [0.1, 0.15) is 25.3 Å². The van der Waals surface area contributed by atoms with E-state index in [1.54, 1.807) is 9.80 Å². The Labute approximate surface area is 129 Å². The molecule has 2 fully saturated rings. The SMILES string of the molecule is Cc1ccc(Cl)cc1N1CCN(C(=O)C2CC2)[C@H](C)C1=O. The highest BCUT2D eigenvalue weighted by atomic mass is 35.5. The van der Waals surface area contributed by atoms with Gasteiger partial charge in [-0.3, -0.25) is 9.59 Å². The van der Waals surface area contributed by atoms with Crippen LogP contribution in [0.3, 0.4) is 0 Å². The molecule has 2 aliphatic rings. The summed E-state index contributed by atoms with van der Waals surface area (Å²) in [6.45, 7) is 4.90. The van der Waals surface area contributed by atoms with Gasteiger partial charge in [-0.1, -0.05) is 17.7 Å². The first kappa shape index (κ1) is 14.4. The molecule has 2 amide bonds. The molecule has 1 aromatic carbocycles. The number of hydrogen-bond donors (Lipinski definition) is 0. The van der Waals surface area contributed by atoms with Crippen LogP contribution in [0, 0.1) is 12.8 Å². The Kier molecular flexibility index (Phi) is 3.66. The minimum atomic E-state index is -0.398. The summed E-state index contributed by atoms with van der Waals surface area (Å²) in [6, 6.07) is 5.16. The smallest absolute Gasteiger partial charge is 0.249 e.